The molecule has 0 N–H and O–H groups in total. The zero-order valence-electron chi connectivity index (χ0n) is 34.3. The molecule has 2 nitrogen and oxygen atoms in total. The minimum absolute atomic E-state index is 0.270. The molecule has 0 saturated heterocycles. The van der Waals surface area contributed by atoms with Gasteiger partial charge in [-0.05, 0) is 109 Å². The summed E-state index contributed by atoms with van der Waals surface area (Å²) in [7, 11) is 0. The van der Waals surface area contributed by atoms with E-state index in [1.807, 2.05) is 0 Å². The van der Waals surface area contributed by atoms with Crippen molar-refractivity contribution in [3.8, 4) is 33.4 Å². The van der Waals surface area contributed by atoms with Gasteiger partial charge in [0, 0.05) is 22.2 Å². The molecule has 0 bridgehead atoms. The van der Waals surface area contributed by atoms with Crippen molar-refractivity contribution >= 4 is 55.7 Å². The average molecular weight is 781 g/mol. The van der Waals surface area contributed by atoms with Crippen LogP contribution in [0.25, 0.3) is 54.9 Å². The normalized spacial score (nSPS) is 12.9. The Balaban J connectivity index is 1.16. The first-order valence-corrected chi connectivity index (χ1v) is 21.2. The molecule has 0 aliphatic carbocycles. The molecule has 10 aromatic rings. The van der Waals surface area contributed by atoms with E-state index in [-0.39, 0.29) is 5.41 Å². The third kappa shape index (κ3) is 6.27. The minimum Gasteiger partial charge on any atom is -0.308 e. The Morgan fingerprint density at radius 3 is 1.51 bits per heavy atom. The van der Waals surface area contributed by atoms with Crippen LogP contribution in [0.5, 0.6) is 0 Å². The van der Waals surface area contributed by atoms with Crippen molar-refractivity contribution in [1.82, 2.24) is 0 Å². The quantitative estimate of drug-likeness (QED) is 0.159. The minimum atomic E-state index is -0.270. The lowest BCUT2D eigenvalue weighted by Gasteiger charge is -2.44. The second-order valence-corrected chi connectivity index (χ2v) is 16.6. The van der Waals surface area contributed by atoms with Crippen LogP contribution >= 0.6 is 0 Å². The number of anilines is 6. The Morgan fingerprint density at radius 1 is 0.361 bits per heavy atom. The Morgan fingerprint density at radius 2 is 0.852 bits per heavy atom. The van der Waals surface area contributed by atoms with E-state index in [2.05, 4.69) is 254 Å². The molecule has 1 aliphatic heterocycles. The molecule has 0 amide bonds. The lowest BCUT2D eigenvalue weighted by atomic mass is 9.72. The molecule has 0 aromatic heterocycles. The SMILES string of the molecule is CC1(C)c2ccccc2N(c2c(N(c3ccc(-c4ccccc4)cc3)c3ccc(-c4ccccc4)cc3)ccc3ccccc23)c2ccc(-c3cccc4ccccc34)cc21. The summed E-state index contributed by atoms with van der Waals surface area (Å²) in [6.07, 6.45) is 0. The van der Waals surface area contributed by atoms with E-state index in [4.69, 9.17) is 0 Å². The van der Waals surface area contributed by atoms with Gasteiger partial charge in [0.05, 0.1) is 22.7 Å². The summed E-state index contributed by atoms with van der Waals surface area (Å²) in [5.41, 5.74) is 16.3. The van der Waals surface area contributed by atoms with Crippen LogP contribution in [0.3, 0.4) is 0 Å². The summed E-state index contributed by atoms with van der Waals surface area (Å²) in [5, 5.41) is 4.89. The molecule has 0 unspecified atom stereocenters. The molecule has 290 valence electrons. The Hall–Kier alpha value is -7.68. The summed E-state index contributed by atoms with van der Waals surface area (Å²) < 4.78 is 0. The zero-order chi connectivity index (χ0) is 40.9. The third-order valence-electron chi connectivity index (χ3n) is 12.6. The van der Waals surface area contributed by atoms with E-state index in [0.29, 0.717) is 0 Å². The van der Waals surface area contributed by atoms with E-state index in [0.717, 1.165) is 22.7 Å². The monoisotopic (exact) mass is 780 g/mol. The molecule has 0 atom stereocenters. The Labute approximate surface area is 358 Å². The van der Waals surface area contributed by atoms with Crippen LogP contribution in [-0.2, 0) is 5.41 Å². The average Bonchev–Trinajstić information content (AvgIpc) is 3.33. The van der Waals surface area contributed by atoms with E-state index in [1.165, 1.54) is 77.4 Å². The van der Waals surface area contributed by atoms with Crippen LogP contribution in [0.4, 0.5) is 34.1 Å². The molecule has 1 heterocycles. The predicted molar refractivity (Wildman–Crippen MR) is 259 cm³/mol. The van der Waals surface area contributed by atoms with Gasteiger partial charge in [0.2, 0.25) is 0 Å². The Bertz CT molecular complexity index is 3110. The zero-order valence-corrected chi connectivity index (χ0v) is 34.3. The lowest BCUT2D eigenvalue weighted by Crippen LogP contribution is -2.31. The molecule has 1 aliphatic rings. The van der Waals surface area contributed by atoms with E-state index in [1.54, 1.807) is 0 Å². The Kier molecular flexibility index (Phi) is 8.86. The highest BCUT2D eigenvalue weighted by molar-refractivity contribution is 6.09. The highest BCUT2D eigenvalue weighted by atomic mass is 15.2. The van der Waals surface area contributed by atoms with Gasteiger partial charge in [0.15, 0.2) is 0 Å². The maximum Gasteiger partial charge on any atom is 0.0781 e. The van der Waals surface area contributed by atoms with Gasteiger partial charge in [-0.15, -0.1) is 0 Å². The van der Waals surface area contributed by atoms with Crippen molar-refractivity contribution in [2.75, 3.05) is 9.80 Å². The van der Waals surface area contributed by atoms with E-state index < -0.39 is 0 Å². The van der Waals surface area contributed by atoms with Crippen LogP contribution in [-0.4, -0.2) is 0 Å². The second-order valence-electron chi connectivity index (χ2n) is 16.6. The second kappa shape index (κ2) is 14.9. The van der Waals surface area contributed by atoms with Crippen molar-refractivity contribution in [3.63, 3.8) is 0 Å². The van der Waals surface area contributed by atoms with Gasteiger partial charge >= 0.3 is 0 Å². The molecule has 0 saturated carbocycles. The first kappa shape index (κ1) is 36.4. The predicted octanol–water partition coefficient (Wildman–Crippen LogP) is 16.6. The van der Waals surface area contributed by atoms with Gasteiger partial charge in [0.25, 0.3) is 0 Å². The van der Waals surface area contributed by atoms with Gasteiger partial charge in [-0.3, -0.25) is 0 Å². The maximum atomic E-state index is 2.55. The molecule has 0 spiro atoms. The molecule has 11 rings (SSSR count). The van der Waals surface area contributed by atoms with Crippen molar-refractivity contribution in [2.45, 2.75) is 19.3 Å². The van der Waals surface area contributed by atoms with Gasteiger partial charge in [-0.1, -0.05) is 196 Å². The van der Waals surface area contributed by atoms with E-state index >= 15 is 0 Å². The van der Waals surface area contributed by atoms with Crippen LogP contribution < -0.4 is 9.80 Å². The van der Waals surface area contributed by atoms with Crippen LogP contribution in [0, 0.1) is 0 Å². The van der Waals surface area contributed by atoms with Gasteiger partial charge in [-0.2, -0.15) is 0 Å². The van der Waals surface area contributed by atoms with Crippen molar-refractivity contribution in [1.29, 1.82) is 0 Å². The molecule has 2 heteroatoms. The first-order chi connectivity index (χ1) is 30.0. The maximum absolute atomic E-state index is 2.55. The van der Waals surface area contributed by atoms with Crippen molar-refractivity contribution in [2.24, 2.45) is 0 Å². The molecular weight excluding hydrogens is 737 g/mol. The molecule has 61 heavy (non-hydrogen) atoms. The number of hydrogen-bond donors (Lipinski definition) is 0. The van der Waals surface area contributed by atoms with Gasteiger partial charge in [-0.25, -0.2) is 0 Å². The highest BCUT2D eigenvalue weighted by Crippen LogP contribution is 2.57. The summed E-state index contributed by atoms with van der Waals surface area (Å²) in [6, 6.07) is 84.3. The summed E-state index contributed by atoms with van der Waals surface area (Å²) in [4.78, 5) is 4.99. The van der Waals surface area contributed by atoms with Crippen LogP contribution in [0.1, 0.15) is 25.0 Å². The first-order valence-electron chi connectivity index (χ1n) is 21.2. The fourth-order valence-electron chi connectivity index (χ4n) is 9.54. The fraction of sp³-hybridized carbons (Fsp3) is 0.0508. The summed E-state index contributed by atoms with van der Waals surface area (Å²) in [5.74, 6) is 0. The smallest absolute Gasteiger partial charge is 0.0781 e. The largest absolute Gasteiger partial charge is 0.308 e. The number of fused-ring (bicyclic) bond motifs is 4. The van der Waals surface area contributed by atoms with Crippen LogP contribution in [0.15, 0.2) is 231 Å². The topological polar surface area (TPSA) is 6.48 Å². The van der Waals surface area contributed by atoms with Crippen molar-refractivity contribution < 1.29 is 0 Å². The van der Waals surface area contributed by atoms with Crippen LogP contribution in [0.2, 0.25) is 0 Å². The molecular formula is C59H44N2. The highest BCUT2D eigenvalue weighted by Gasteiger charge is 2.39. The summed E-state index contributed by atoms with van der Waals surface area (Å²) in [6.45, 7) is 4.77. The number of hydrogen-bond acceptors (Lipinski definition) is 2. The van der Waals surface area contributed by atoms with Gasteiger partial charge in [0.1, 0.15) is 0 Å². The standard InChI is InChI=1S/C59H44N2/c1-59(2)53-26-13-14-27-55(53)61(56-38-33-47(40-54(56)59)51-25-15-22-45-20-9-11-23-50(45)51)58-52-24-12-10-21-46(52)32-39-57(58)60(48-34-28-43(29-35-48)41-16-5-3-6-17-41)49-36-30-44(31-37-49)42-18-7-4-8-19-42/h3-40H,1-2H3. The van der Waals surface area contributed by atoms with Gasteiger partial charge < -0.3 is 9.80 Å². The fourth-order valence-corrected chi connectivity index (χ4v) is 9.54. The van der Waals surface area contributed by atoms with E-state index in [9.17, 15) is 0 Å². The number of rotatable bonds is 7. The van der Waals surface area contributed by atoms with Crippen molar-refractivity contribution in [3.05, 3.63) is 242 Å². The molecule has 0 fully saturated rings. The third-order valence-corrected chi connectivity index (χ3v) is 12.6. The molecule has 0 radical (unpaired) electrons. The number of para-hydroxylation sites is 1. The number of benzene rings is 10. The molecule has 10 aromatic carbocycles. The number of nitrogens with zero attached hydrogens (tertiary/aromatic N) is 2. The summed E-state index contributed by atoms with van der Waals surface area (Å²) >= 11 is 0. The lowest BCUT2D eigenvalue weighted by molar-refractivity contribution is 0.632.